The number of carboxylic acid groups (broad SMARTS) is 1. The minimum atomic E-state index is -0.610. The number of fused-ring (bicyclic) bond motifs is 2. The summed E-state index contributed by atoms with van der Waals surface area (Å²) in [5.74, 6) is 2.06. The molecule has 18 heavy (non-hydrogen) atoms. The predicted molar refractivity (Wildman–Crippen MR) is 72.3 cm³/mol. The molecule has 5 unspecified atom stereocenters. The third-order valence-electron chi connectivity index (χ3n) is 5.55. The Morgan fingerprint density at radius 2 is 1.78 bits per heavy atom. The zero-order valence-electron chi connectivity index (χ0n) is 12.1. The molecule has 0 spiro atoms. The average molecular weight is 253 g/mol. The van der Waals surface area contributed by atoms with E-state index in [1.807, 2.05) is 6.92 Å². The topological polar surface area (TPSA) is 40.5 Å². The second-order valence-electron chi connectivity index (χ2n) is 6.57. The minimum Gasteiger partial charge on any atom is -0.481 e. The van der Waals surface area contributed by atoms with E-state index in [2.05, 4.69) is 25.7 Å². The summed E-state index contributed by atoms with van der Waals surface area (Å²) in [6, 6.07) is 0. The van der Waals surface area contributed by atoms with Crippen molar-refractivity contribution in [2.75, 3.05) is 19.6 Å². The van der Waals surface area contributed by atoms with Crippen LogP contribution in [0.1, 0.15) is 34.1 Å². The average Bonchev–Trinajstić information content (AvgIpc) is 2.34. The molecule has 1 saturated heterocycles. The molecule has 3 heteroatoms. The van der Waals surface area contributed by atoms with E-state index in [0.717, 1.165) is 19.6 Å². The lowest BCUT2D eigenvalue weighted by Crippen LogP contribution is -2.56. The second kappa shape index (κ2) is 5.20. The van der Waals surface area contributed by atoms with Crippen LogP contribution in [0.5, 0.6) is 0 Å². The molecule has 0 aromatic carbocycles. The van der Waals surface area contributed by atoms with E-state index in [0.29, 0.717) is 29.6 Å². The Bertz CT molecular complexity index is 300. The number of carboxylic acids is 1. The largest absolute Gasteiger partial charge is 0.481 e. The van der Waals surface area contributed by atoms with Crippen molar-refractivity contribution < 1.29 is 9.90 Å². The molecule has 1 aliphatic heterocycles. The van der Waals surface area contributed by atoms with Gasteiger partial charge in [-0.3, -0.25) is 4.79 Å². The summed E-state index contributed by atoms with van der Waals surface area (Å²) >= 11 is 0. The maximum atomic E-state index is 11.4. The number of piperidine rings is 1. The summed E-state index contributed by atoms with van der Waals surface area (Å²) in [7, 11) is 0. The van der Waals surface area contributed by atoms with E-state index in [-0.39, 0.29) is 5.92 Å². The number of likely N-dealkylation sites (tertiary alicyclic amines) is 1. The zero-order valence-corrected chi connectivity index (χ0v) is 12.1. The fourth-order valence-corrected chi connectivity index (χ4v) is 4.45. The van der Waals surface area contributed by atoms with Crippen molar-refractivity contribution >= 4 is 5.97 Å². The fraction of sp³-hybridized carbons (Fsp3) is 0.933. The maximum Gasteiger partial charge on any atom is 0.306 e. The van der Waals surface area contributed by atoms with Crippen LogP contribution in [0.15, 0.2) is 0 Å². The normalized spacial score (nSPS) is 42.6. The highest BCUT2D eigenvalue weighted by Crippen LogP contribution is 2.48. The van der Waals surface area contributed by atoms with E-state index in [4.69, 9.17) is 0 Å². The fourth-order valence-electron chi connectivity index (χ4n) is 4.45. The van der Waals surface area contributed by atoms with Crippen LogP contribution in [0.4, 0.5) is 0 Å². The van der Waals surface area contributed by atoms with Crippen LogP contribution in [-0.4, -0.2) is 35.6 Å². The van der Waals surface area contributed by atoms with Gasteiger partial charge in [0.1, 0.15) is 0 Å². The number of rotatable bonds is 3. The lowest BCUT2D eigenvalue weighted by molar-refractivity contribution is -0.150. The molecule has 0 radical (unpaired) electrons. The summed E-state index contributed by atoms with van der Waals surface area (Å²) in [6.07, 6.45) is 1.27. The first-order chi connectivity index (χ1) is 8.45. The van der Waals surface area contributed by atoms with Gasteiger partial charge in [0.25, 0.3) is 0 Å². The SMILES string of the molecule is CCN1CC2C(C)CC(C)C(C1)C2C(C)C(=O)O. The van der Waals surface area contributed by atoms with Crippen molar-refractivity contribution in [1.29, 1.82) is 0 Å². The van der Waals surface area contributed by atoms with E-state index < -0.39 is 5.97 Å². The third kappa shape index (κ3) is 2.29. The van der Waals surface area contributed by atoms with Gasteiger partial charge in [-0.2, -0.15) is 0 Å². The molecule has 1 N–H and O–H groups in total. The van der Waals surface area contributed by atoms with Crippen molar-refractivity contribution in [1.82, 2.24) is 4.90 Å². The first kappa shape index (κ1) is 13.9. The Morgan fingerprint density at radius 3 is 2.17 bits per heavy atom. The third-order valence-corrected chi connectivity index (χ3v) is 5.55. The number of nitrogens with zero attached hydrogens (tertiary/aromatic N) is 1. The molecular weight excluding hydrogens is 226 g/mol. The van der Waals surface area contributed by atoms with Crippen molar-refractivity contribution in [3.05, 3.63) is 0 Å². The molecule has 2 fully saturated rings. The summed E-state index contributed by atoms with van der Waals surface area (Å²) < 4.78 is 0. The molecule has 0 aromatic heterocycles. The van der Waals surface area contributed by atoms with Crippen molar-refractivity contribution in [2.45, 2.75) is 34.1 Å². The zero-order chi connectivity index (χ0) is 13.4. The quantitative estimate of drug-likeness (QED) is 0.840. The number of carbonyl (C=O) groups is 1. The predicted octanol–water partition coefficient (Wildman–Crippen LogP) is 2.57. The van der Waals surface area contributed by atoms with Crippen LogP contribution >= 0.6 is 0 Å². The molecule has 2 bridgehead atoms. The molecule has 104 valence electrons. The van der Waals surface area contributed by atoms with Gasteiger partial charge in [0.2, 0.25) is 0 Å². The number of hydrogen-bond acceptors (Lipinski definition) is 2. The van der Waals surface area contributed by atoms with Crippen molar-refractivity contribution in [2.24, 2.45) is 35.5 Å². The summed E-state index contributed by atoms with van der Waals surface area (Å²) in [6.45, 7) is 12.1. The lowest BCUT2D eigenvalue weighted by Gasteiger charge is -2.54. The molecule has 2 rings (SSSR count). The summed E-state index contributed by atoms with van der Waals surface area (Å²) in [5, 5.41) is 9.37. The molecule has 5 atom stereocenters. The van der Waals surface area contributed by atoms with Gasteiger partial charge in [-0.25, -0.2) is 0 Å². The van der Waals surface area contributed by atoms with Gasteiger partial charge in [-0.15, -0.1) is 0 Å². The van der Waals surface area contributed by atoms with Gasteiger partial charge >= 0.3 is 5.97 Å². The standard InChI is InChI=1S/C15H27NO2/c1-5-16-7-12-9(2)6-10(3)13(8-16)14(12)11(4)15(17)18/h9-14H,5-8H2,1-4H3,(H,17,18). The van der Waals surface area contributed by atoms with E-state index in [1.165, 1.54) is 6.42 Å². The highest BCUT2D eigenvalue weighted by Gasteiger charge is 2.48. The Hall–Kier alpha value is -0.570. The Morgan fingerprint density at radius 1 is 1.28 bits per heavy atom. The van der Waals surface area contributed by atoms with E-state index >= 15 is 0 Å². The van der Waals surface area contributed by atoms with E-state index in [1.54, 1.807) is 0 Å². The van der Waals surface area contributed by atoms with Crippen LogP contribution in [0.3, 0.4) is 0 Å². The molecular formula is C15H27NO2. The van der Waals surface area contributed by atoms with Gasteiger partial charge in [0.15, 0.2) is 0 Å². The maximum absolute atomic E-state index is 11.4. The van der Waals surface area contributed by atoms with E-state index in [9.17, 15) is 9.90 Å². The molecule has 1 aliphatic carbocycles. The number of aliphatic carboxylic acids is 1. The van der Waals surface area contributed by atoms with Crippen LogP contribution < -0.4 is 0 Å². The monoisotopic (exact) mass is 253 g/mol. The Balaban J connectivity index is 2.25. The van der Waals surface area contributed by atoms with Gasteiger partial charge in [-0.05, 0) is 42.6 Å². The first-order valence-corrected chi connectivity index (χ1v) is 7.40. The van der Waals surface area contributed by atoms with Crippen molar-refractivity contribution in [3.63, 3.8) is 0 Å². The molecule has 1 saturated carbocycles. The Labute approximate surface area is 111 Å². The van der Waals surface area contributed by atoms with Gasteiger partial charge in [0, 0.05) is 13.1 Å². The van der Waals surface area contributed by atoms with Crippen LogP contribution in [-0.2, 0) is 4.79 Å². The van der Waals surface area contributed by atoms with Crippen LogP contribution in [0, 0.1) is 35.5 Å². The Kier molecular flexibility index (Phi) is 4.00. The molecule has 3 nitrogen and oxygen atoms in total. The lowest BCUT2D eigenvalue weighted by atomic mass is 9.57. The highest BCUT2D eigenvalue weighted by molar-refractivity contribution is 5.70. The smallest absolute Gasteiger partial charge is 0.306 e. The van der Waals surface area contributed by atoms with Gasteiger partial charge in [-0.1, -0.05) is 27.7 Å². The minimum absolute atomic E-state index is 0.191. The molecule has 0 amide bonds. The van der Waals surface area contributed by atoms with Gasteiger partial charge in [0.05, 0.1) is 5.92 Å². The summed E-state index contributed by atoms with van der Waals surface area (Å²) in [4.78, 5) is 13.9. The molecule has 2 aliphatic rings. The van der Waals surface area contributed by atoms with Crippen molar-refractivity contribution in [3.8, 4) is 0 Å². The first-order valence-electron chi connectivity index (χ1n) is 7.40. The summed E-state index contributed by atoms with van der Waals surface area (Å²) in [5.41, 5.74) is 0. The molecule has 0 aromatic rings. The number of hydrogen-bond donors (Lipinski definition) is 1. The second-order valence-corrected chi connectivity index (χ2v) is 6.57. The van der Waals surface area contributed by atoms with Crippen LogP contribution in [0.2, 0.25) is 0 Å². The van der Waals surface area contributed by atoms with Crippen LogP contribution in [0.25, 0.3) is 0 Å². The molecule has 1 heterocycles. The highest BCUT2D eigenvalue weighted by atomic mass is 16.4. The van der Waals surface area contributed by atoms with Gasteiger partial charge < -0.3 is 10.0 Å².